The van der Waals surface area contributed by atoms with E-state index in [1.807, 2.05) is 13.0 Å². The normalized spacial score (nSPS) is 10.8. The quantitative estimate of drug-likeness (QED) is 0.768. The highest BCUT2D eigenvalue weighted by atomic mass is 32.2. The number of benzene rings is 1. The highest BCUT2D eigenvalue weighted by molar-refractivity contribution is 7.92. The first kappa shape index (κ1) is 16.5. The second kappa shape index (κ2) is 7.90. The fraction of sp³-hybridized carbons (Fsp3) is 0.429. The smallest absolute Gasteiger partial charge is 0.235 e. The summed E-state index contributed by atoms with van der Waals surface area (Å²) in [5.41, 5.74) is 2.16. The van der Waals surface area contributed by atoms with Gasteiger partial charge in [0.15, 0.2) is 0 Å². The minimum absolute atomic E-state index is 0.0846. The molecule has 1 aromatic rings. The van der Waals surface area contributed by atoms with Crippen molar-refractivity contribution in [1.29, 1.82) is 0 Å². The highest BCUT2D eigenvalue weighted by Crippen LogP contribution is 2.19. The van der Waals surface area contributed by atoms with Gasteiger partial charge in [0.05, 0.1) is 18.0 Å². The number of aliphatic hydroxyl groups is 1. The molecular weight excluding hydrogens is 278 g/mol. The maximum atomic E-state index is 11.8. The van der Waals surface area contributed by atoms with E-state index in [0.717, 1.165) is 11.1 Å². The Hall–Kier alpha value is -1.55. The largest absolute Gasteiger partial charge is 0.384 e. The molecule has 0 heterocycles. The fourth-order valence-corrected chi connectivity index (χ4v) is 2.64. The number of aliphatic hydroxyl groups excluding tert-OH is 1. The van der Waals surface area contributed by atoms with Crippen molar-refractivity contribution in [3.8, 4) is 11.8 Å². The summed E-state index contributed by atoms with van der Waals surface area (Å²) in [5, 5.41) is 8.67. The van der Waals surface area contributed by atoms with Crippen LogP contribution in [0.15, 0.2) is 18.2 Å². The Morgan fingerprint density at radius 3 is 2.75 bits per heavy atom. The lowest BCUT2D eigenvalue weighted by molar-refractivity contribution is 0.217. The molecule has 0 amide bonds. The van der Waals surface area contributed by atoms with Gasteiger partial charge in [0.2, 0.25) is 10.0 Å². The third-order valence-corrected chi connectivity index (χ3v) is 3.85. The molecule has 0 bridgehead atoms. The summed E-state index contributed by atoms with van der Waals surface area (Å²) >= 11 is 0. The minimum atomic E-state index is -3.41. The molecular formula is C14H19NO4S. The van der Waals surface area contributed by atoms with E-state index in [0.29, 0.717) is 12.1 Å². The molecule has 1 aromatic carbocycles. The van der Waals surface area contributed by atoms with Crippen molar-refractivity contribution in [2.45, 2.75) is 13.3 Å². The predicted octanol–water partition coefficient (Wildman–Crippen LogP) is 0.981. The van der Waals surface area contributed by atoms with Crippen LogP contribution in [-0.4, -0.2) is 39.6 Å². The standard InChI is InChI=1S/C14H19NO4S/c1-3-13-11-12(5-4-8-16)6-7-14(13)15-20(17,18)10-9-19-2/h6-7,11,15-16H,3,8-10H2,1-2H3. The van der Waals surface area contributed by atoms with Crippen LogP contribution in [0.1, 0.15) is 18.1 Å². The number of ether oxygens (including phenoxy) is 1. The van der Waals surface area contributed by atoms with Gasteiger partial charge in [-0.15, -0.1) is 0 Å². The second-order valence-electron chi connectivity index (χ2n) is 4.10. The lowest BCUT2D eigenvalue weighted by Crippen LogP contribution is -2.20. The van der Waals surface area contributed by atoms with Crippen LogP contribution in [0.5, 0.6) is 0 Å². The van der Waals surface area contributed by atoms with Gasteiger partial charge in [-0.25, -0.2) is 8.42 Å². The van der Waals surface area contributed by atoms with Crippen molar-refractivity contribution in [3.05, 3.63) is 29.3 Å². The van der Waals surface area contributed by atoms with Crippen LogP contribution in [-0.2, 0) is 21.2 Å². The lowest BCUT2D eigenvalue weighted by atomic mass is 10.1. The number of aryl methyl sites for hydroxylation is 1. The highest BCUT2D eigenvalue weighted by Gasteiger charge is 2.12. The van der Waals surface area contributed by atoms with Crippen molar-refractivity contribution in [2.24, 2.45) is 0 Å². The van der Waals surface area contributed by atoms with Gasteiger partial charge in [0.1, 0.15) is 6.61 Å². The van der Waals surface area contributed by atoms with Gasteiger partial charge in [-0.05, 0) is 30.2 Å². The summed E-state index contributed by atoms with van der Waals surface area (Å²) < 4.78 is 31.0. The minimum Gasteiger partial charge on any atom is -0.384 e. The van der Waals surface area contributed by atoms with E-state index in [-0.39, 0.29) is 19.0 Å². The van der Waals surface area contributed by atoms with E-state index >= 15 is 0 Å². The summed E-state index contributed by atoms with van der Waals surface area (Å²) in [5.74, 6) is 5.27. The molecule has 0 aliphatic heterocycles. The van der Waals surface area contributed by atoms with Crippen LogP contribution in [0.25, 0.3) is 0 Å². The predicted molar refractivity (Wildman–Crippen MR) is 79.1 cm³/mol. The second-order valence-corrected chi connectivity index (χ2v) is 5.94. The van der Waals surface area contributed by atoms with E-state index in [1.54, 1.807) is 12.1 Å². The van der Waals surface area contributed by atoms with Crippen LogP contribution in [0.3, 0.4) is 0 Å². The number of methoxy groups -OCH3 is 1. The Morgan fingerprint density at radius 1 is 1.40 bits per heavy atom. The Kier molecular flexibility index (Phi) is 6.52. The van der Waals surface area contributed by atoms with Crippen LogP contribution < -0.4 is 4.72 Å². The van der Waals surface area contributed by atoms with E-state index < -0.39 is 10.0 Å². The topological polar surface area (TPSA) is 75.6 Å². The molecule has 1 rings (SSSR count). The fourth-order valence-electron chi connectivity index (χ4n) is 1.62. The van der Waals surface area contributed by atoms with Crippen molar-refractivity contribution in [3.63, 3.8) is 0 Å². The molecule has 0 spiro atoms. The molecule has 0 atom stereocenters. The van der Waals surface area contributed by atoms with Crippen molar-refractivity contribution < 1.29 is 18.3 Å². The SMILES string of the molecule is CCc1cc(C#CCO)ccc1NS(=O)(=O)CCOC. The summed E-state index contributed by atoms with van der Waals surface area (Å²) in [7, 11) is -1.95. The number of nitrogens with one attached hydrogen (secondary N) is 1. The average Bonchev–Trinajstić information content (AvgIpc) is 2.43. The summed E-state index contributed by atoms with van der Waals surface area (Å²) in [4.78, 5) is 0. The molecule has 110 valence electrons. The van der Waals surface area contributed by atoms with Gasteiger partial charge in [0, 0.05) is 12.7 Å². The Labute approximate surface area is 120 Å². The molecule has 0 aliphatic rings. The van der Waals surface area contributed by atoms with Crippen LogP contribution in [0, 0.1) is 11.8 Å². The number of hydrogen-bond donors (Lipinski definition) is 2. The molecule has 0 aliphatic carbocycles. The molecule has 0 saturated carbocycles. The average molecular weight is 297 g/mol. The Bertz CT molecular complexity index is 599. The number of hydrogen-bond acceptors (Lipinski definition) is 4. The maximum Gasteiger partial charge on any atom is 0.235 e. The monoisotopic (exact) mass is 297 g/mol. The van der Waals surface area contributed by atoms with Crippen LogP contribution in [0.2, 0.25) is 0 Å². The van der Waals surface area contributed by atoms with Gasteiger partial charge in [-0.1, -0.05) is 18.8 Å². The maximum absolute atomic E-state index is 11.8. The Morgan fingerprint density at radius 2 is 2.15 bits per heavy atom. The number of rotatable bonds is 6. The third-order valence-electron chi connectivity index (χ3n) is 2.62. The molecule has 0 radical (unpaired) electrons. The van der Waals surface area contributed by atoms with E-state index in [4.69, 9.17) is 9.84 Å². The molecule has 6 heteroatoms. The van der Waals surface area contributed by atoms with Crippen molar-refractivity contribution in [2.75, 3.05) is 30.8 Å². The summed E-state index contributed by atoms with van der Waals surface area (Å²) in [6.07, 6.45) is 0.677. The molecule has 20 heavy (non-hydrogen) atoms. The van der Waals surface area contributed by atoms with Gasteiger partial charge >= 0.3 is 0 Å². The van der Waals surface area contributed by atoms with Gasteiger partial charge in [0.25, 0.3) is 0 Å². The summed E-state index contributed by atoms with van der Waals surface area (Å²) in [6.45, 7) is 1.88. The first-order chi connectivity index (χ1) is 9.52. The van der Waals surface area contributed by atoms with Gasteiger partial charge in [-0.3, -0.25) is 4.72 Å². The Balaban J connectivity index is 2.96. The van der Waals surface area contributed by atoms with Gasteiger partial charge < -0.3 is 9.84 Å². The first-order valence-electron chi connectivity index (χ1n) is 6.24. The van der Waals surface area contributed by atoms with Gasteiger partial charge in [-0.2, -0.15) is 0 Å². The van der Waals surface area contributed by atoms with E-state index in [9.17, 15) is 8.42 Å². The molecule has 0 unspecified atom stereocenters. The van der Waals surface area contributed by atoms with Crippen LogP contribution in [0.4, 0.5) is 5.69 Å². The third kappa shape index (κ3) is 5.21. The number of anilines is 1. The number of sulfonamides is 1. The molecule has 5 nitrogen and oxygen atoms in total. The zero-order chi connectivity index (χ0) is 15.0. The van der Waals surface area contributed by atoms with E-state index in [2.05, 4.69) is 16.6 Å². The molecule has 2 N–H and O–H groups in total. The van der Waals surface area contributed by atoms with Crippen molar-refractivity contribution in [1.82, 2.24) is 0 Å². The van der Waals surface area contributed by atoms with Crippen molar-refractivity contribution >= 4 is 15.7 Å². The van der Waals surface area contributed by atoms with Crippen LogP contribution >= 0.6 is 0 Å². The summed E-state index contributed by atoms with van der Waals surface area (Å²) in [6, 6.07) is 5.22. The van der Waals surface area contributed by atoms with E-state index in [1.165, 1.54) is 7.11 Å². The molecule has 0 fully saturated rings. The zero-order valence-corrected chi connectivity index (χ0v) is 12.5. The first-order valence-corrected chi connectivity index (χ1v) is 7.89. The molecule has 0 aromatic heterocycles. The molecule has 0 saturated heterocycles. The lowest BCUT2D eigenvalue weighted by Gasteiger charge is -2.12. The zero-order valence-electron chi connectivity index (χ0n) is 11.6.